The molecule has 4 nitrogen and oxygen atoms in total. The summed E-state index contributed by atoms with van der Waals surface area (Å²) in [5.41, 5.74) is 5.79. The summed E-state index contributed by atoms with van der Waals surface area (Å²) in [6.45, 7) is 2.42. The van der Waals surface area contributed by atoms with Crippen molar-refractivity contribution in [3.63, 3.8) is 0 Å². The first-order chi connectivity index (χ1) is 11.8. The van der Waals surface area contributed by atoms with Crippen LogP contribution in [-0.2, 0) is 19.4 Å². The van der Waals surface area contributed by atoms with Gasteiger partial charge in [-0.05, 0) is 42.9 Å². The summed E-state index contributed by atoms with van der Waals surface area (Å²) in [6, 6.07) is 12.2. The molecule has 4 rings (SSSR count). The van der Waals surface area contributed by atoms with Gasteiger partial charge in [-0.2, -0.15) is 0 Å². The van der Waals surface area contributed by atoms with Gasteiger partial charge in [-0.25, -0.2) is 15.0 Å². The molecule has 24 heavy (non-hydrogen) atoms. The largest absolute Gasteiger partial charge is 0.473 e. The molecule has 0 aliphatic heterocycles. The smallest absolute Gasteiger partial charge is 0.214 e. The fraction of sp³-hybridized carbons (Fsp3) is 0.250. The van der Waals surface area contributed by atoms with E-state index in [0.717, 1.165) is 47.5 Å². The fourth-order valence-corrected chi connectivity index (χ4v) is 3.11. The number of ether oxygens (including phenoxy) is 1. The molecule has 2 heterocycles. The van der Waals surface area contributed by atoms with Crippen LogP contribution in [0.25, 0.3) is 11.1 Å². The van der Waals surface area contributed by atoms with E-state index in [9.17, 15) is 0 Å². The first-order valence-corrected chi connectivity index (χ1v) is 8.28. The van der Waals surface area contributed by atoms with E-state index in [4.69, 9.17) is 9.72 Å². The maximum absolute atomic E-state index is 5.95. The lowest BCUT2D eigenvalue weighted by atomic mass is 10.0. The third-order valence-corrected chi connectivity index (χ3v) is 4.35. The van der Waals surface area contributed by atoms with Gasteiger partial charge in [0.15, 0.2) is 0 Å². The predicted molar refractivity (Wildman–Crippen MR) is 92.8 cm³/mol. The highest BCUT2D eigenvalue weighted by atomic mass is 16.5. The van der Waals surface area contributed by atoms with E-state index >= 15 is 0 Å². The number of nitrogens with zero attached hydrogens (tertiary/aromatic N) is 3. The van der Waals surface area contributed by atoms with Gasteiger partial charge in [0, 0.05) is 29.7 Å². The summed E-state index contributed by atoms with van der Waals surface area (Å²) in [6.07, 6.45) is 6.99. The summed E-state index contributed by atoms with van der Waals surface area (Å²) in [7, 11) is 0. The van der Waals surface area contributed by atoms with Crippen molar-refractivity contribution in [2.45, 2.75) is 32.8 Å². The van der Waals surface area contributed by atoms with Crippen molar-refractivity contribution < 1.29 is 4.74 Å². The lowest BCUT2D eigenvalue weighted by Crippen LogP contribution is -2.01. The number of rotatable bonds is 4. The van der Waals surface area contributed by atoms with Crippen LogP contribution in [0.2, 0.25) is 0 Å². The lowest BCUT2D eigenvalue weighted by molar-refractivity contribution is 0.293. The SMILES string of the molecule is Cc1ncc(-c2cc(OCc3ccccc3)nc3c2CCC3)cn1. The summed E-state index contributed by atoms with van der Waals surface area (Å²) < 4.78 is 5.95. The molecular weight excluding hydrogens is 298 g/mol. The molecule has 0 spiro atoms. The van der Waals surface area contributed by atoms with Crippen LogP contribution in [-0.4, -0.2) is 15.0 Å². The van der Waals surface area contributed by atoms with Crippen molar-refractivity contribution >= 4 is 0 Å². The van der Waals surface area contributed by atoms with E-state index in [1.165, 1.54) is 5.56 Å². The van der Waals surface area contributed by atoms with Gasteiger partial charge in [-0.1, -0.05) is 30.3 Å². The Bertz CT molecular complexity index is 845. The molecule has 0 atom stereocenters. The second-order valence-corrected chi connectivity index (χ2v) is 6.08. The quantitative estimate of drug-likeness (QED) is 0.732. The molecular formula is C20H19N3O. The van der Waals surface area contributed by atoms with E-state index in [1.807, 2.05) is 43.6 Å². The molecule has 2 aromatic heterocycles. The summed E-state index contributed by atoms with van der Waals surface area (Å²) in [5.74, 6) is 1.46. The van der Waals surface area contributed by atoms with Gasteiger partial charge in [0.25, 0.3) is 0 Å². The molecule has 0 fully saturated rings. The number of fused-ring (bicyclic) bond motifs is 1. The topological polar surface area (TPSA) is 47.9 Å². The Labute approximate surface area is 141 Å². The van der Waals surface area contributed by atoms with Gasteiger partial charge >= 0.3 is 0 Å². The summed E-state index contributed by atoms with van der Waals surface area (Å²) in [4.78, 5) is 13.4. The summed E-state index contributed by atoms with van der Waals surface area (Å²) in [5, 5.41) is 0. The molecule has 3 aromatic rings. The highest BCUT2D eigenvalue weighted by Gasteiger charge is 2.19. The fourth-order valence-electron chi connectivity index (χ4n) is 3.11. The van der Waals surface area contributed by atoms with E-state index in [2.05, 4.69) is 22.1 Å². The van der Waals surface area contributed by atoms with Crippen molar-refractivity contribution in [2.75, 3.05) is 0 Å². The lowest BCUT2D eigenvalue weighted by Gasteiger charge is -2.12. The Morgan fingerprint density at radius 2 is 1.83 bits per heavy atom. The zero-order valence-corrected chi connectivity index (χ0v) is 13.7. The third kappa shape index (κ3) is 3.00. The van der Waals surface area contributed by atoms with Crippen LogP contribution in [0.3, 0.4) is 0 Å². The number of benzene rings is 1. The van der Waals surface area contributed by atoms with Gasteiger partial charge in [0.1, 0.15) is 12.4 Å². The van der Waals surface area contributed by atoms with Crippen molar-refractivity contribution in [3.8, 4) is 17.0 Å². The molecule has 1 aliphatic carbocycles. The number of hydrogen-bond donors (Lipinski definition) is 0. The Morgan fingerprint density at radius 3 is 2.62 bits per heavy atom. The Balaban J connectivity index is 1.66. The van der Waals surface area contributed by atoms with Crippen LogP contribution in [0, 0.1) is 6.92 Å². The first kappa shape index (κ1) is 14.8. The van der Waals surface area contributed by atoms with Crippen LogP contribution in [0.5, 0.6) is 5.88 Å². The highest BCUT2D eigenvalue weighted by molar-refractivity contribution is 5.68. The van der Waals surface area contributed by atoms with Crippen molar-refractivity contribution in [3.05, 3.63) is 71.4 Å². The number of hydrogen-bond acceptors (Lipinski definition) is 4. The van der Waals surface area contributed by atoms with Crippen molar-refractivity contribution in [1.82, 2.24) is 15.0 Å². The minimum Gasteiger partial charge on any atom is -0.473 e. The number of aryl methyl sites for hydroxylation is 2. The van der Waals surface area contributed by atoms with Crippen LogP contribution >= 0.6 is 0 Å². The Kier molecular flexibility index (Phi) is 3.95. The zero-order valence-electron chi connectivity index (χ0n) is 13.7. The molecule has 0 amide bonds. The highest BCUT2D eigenvalue weighted by Crippen LogP contribution is 2.33. The maximum Gasteiger partial charge on any atom is 0.214 e. The molecule has 1 aliphatic rings. The van der Waals surface area contributed by atoms with Crippen LogP contribution in [0.15, 0.2) is 48.8 Å². The normalized spacial score (nSPS) is 12.9. The zero-order chi connectivity index (χ0) is 16.4. The van der Waals surface area contributed by atoms with Gasteiger partial charge in [-0.15, -0.1) is 0 Å². The first-order valence-electron chi connectivity index (χ1n) is 8.28. The molecule has 0 unspecified atom stereocenters. The molecule has 0 saturated heterocycles. The van der Waals surface area contributed by atoms with Crippen molar-refractivity contribution in [1.29, 1.82) is 0 Å². The second kappa shape index (κ2) is 6.40. The third-order valence-electron chi connectivity index (χ3n) is 4.35. The summed E-state index contributed by atoms with van der Waals surface area (Å²) >= 11 is 0. The van der Waals surface area contributed by atoms with Gasteiger partial charge in [-0.3, -0.25) is 0 Å². The van der Waals surface area contributed by atoms with Crippen LogP contribution in [0.4, 0.5) is 0 Å². The molecule has 0 bridgehead atoms. The average molecular weight is 317 g/mol. The van der Waals surface area contributed by atoms with E-state index in [0.29, 0.717) is 12.5 Å². The maximum atomic E-state index is 5.95. The Hall–Kier alpha value is -2.75. The standard InChI is InChI=1S/C20H19N3O/c1-14-21-11-16(12-22-14)18-10-20(23-19-9-5-8-17(18)19)24-13-15-6-3-2-4-7-15/h2-4,6-7,10-12H,5,8-9,13H2,1H3. The molecule has 1 aromatic carbocycles. The monoisotopic (exact) mass is 317 g/mol. The molecule has 0 N–H and O–H groups in total. The van der Waals surface area contributed by atoms with Crippen LogP contribution in [0.1, 0.15) is 29.1 Å². The molecule has 0 radical (unpaired) electrons. The van der Waals surface area contributed by atoms with Gasteiger partial charge in [0.05, 0.1) is 0 Å². The molecule has 0 saturated carbocycles. The van der Waals surface area contributed by atoms with E-state index in [-0.39, 0.29) is 0 Å². The number of aromatic nitrogens is 3. The van der Waals surface area contributed by atoms with Gasteiger partial charge in [0.2, 0.25) is 5.88 Å². The Morgan fingerprint density at radius 1 is 1.04 bits per heavy atom. The van der Waals surface area contributed by atoms with Crippen molar-refractivity contribution in [2.24, 2.45) is 0 Å². The van der Waals surface area contributed by atoms with E-state index < -0.39 is 0 Å². The minimum atomic E-state index is 0.524. The average Bonchev–Trinajstić information content (AvgIpc) is 3.09. The minimum absolute atomic E-state index is 0.524. The molecule has 4 heteroatoms. The van der Waals surface area contributed by atoms with Gasteiger partial charge < -0.3 is 4.74 Å². The number of pyridine rings is 1. The predicted octanol–water partition coefficient (Wildman–Crippen LogP) is 3.91. The van der Waals surface area contributed by atoms with Crippen LogP contribution < -0.4 is 4.74 Å². The van der Waals surface area contributed by atoms with E-state index in [1.54, 1.807) is 0 Å². The molecule has 120 valence electrons. The second-order valence-electron chi connectivity index (χ2n) is 6.08.